The number of benzene rings is 1. The van der Waals surface area contributed by atoms with Crippen molar-refractivity contribution in [2.75, 3.05) is 0 Å². The second-order valence-corrected chi connectivity index (χ2v) is 2.63. The summed E-state index contributed by atoms with van der Waals surface area (Å²) in [6.45, 7) is 6.00. The highest BCUT2D eigenvalue weighted by Gasteiger charge is 2.05. The van der Waals surface area contributed by atoms with E-state index in [9.17, 15) is 0 Å². The van der Waals surface area contributed by atoms with Crippen LogP contribution in [0.5, 0.6) is 0 Å². The number of hydrogen-bond donors (Lipinski definition) is 0. The zero-order valence-corrected chi connectivity index (χ0v) is 7.29. The van der Waals surface area contributed by atoms with Crippen molar-refractivity contribution in [3.63, 3.8) is 0 Å². The first-order chi connectivity index (χ1) is 5.97. The van der Waals surface area contributed by atoms with E-state index in [0.29, 0.717) is 0 Å². The zero-order chi connectivity index (χ0) is 8.81. The third kappa shape index (κ3) is 1.85. The Kier molecular flexibility index (Phi) is 3.34. The maximum Gasteiger partial charge on any atom is -0.0228 e. The fraction of sp³-hybridized carbons (Fsp3) is 0.167. The Hall–Kier alpha value is -1.30. The molecular weight excluding hydrogens is 144 g/mol. The van der Waals surface area contributed by atoms with Crippen LogP contribution >= 0.6 is 0 Å². The quantitative estimate of drug-likeness (QED) is 0.547. The molecule has 0 saturated heterocycles. The fourth-order valence-electron chi connectivity index (χ4n) is 1.20. The van der Waals surface area contributed by atoms with E-state index >= 15 is 0 Å². The minimum atomic E-state index is 1.27. The summed E-state index contributed by atoms with van der Waals surface area (Å²) in [4.78, 5) is 0. The van der Waals surface area contributed by atoms with Crippen molar-refractivity contribution in [1.29, 1.82) is 0 Å². The molecule has 0 fully saturated rings. The minimum absolute atomic E-state index is 1.27. The molecule has 0 nitrogen and oxygen atoms in total. The van der Waals surface area contributed by atoms with Crippen molar-refractivity contribution in [3.8, 4) is 0 Å². The van der Waals surface area contributed by atoms with Gasteiger partial charge in [-0.05, 0) is 24.0 Å². The van der Waals surface area contributed by atoms with Crippen LogP contribution in [-0.2, 0) is 0 Å². The van der Waals surface area contributed by atoms with Gasteiger partial charge in [-0.2, -0.15) is 0 Å². The Morgan fingerprint density at radius 2 is 1.58 bits per heavy atom. The molecule has 1 aliphatic rings. The maximum atomic E-state index is 3.00. The molecule has 12 heavy (non-hydrogen) atoms. The van der Waals surface area contributed by atoms with Crippen molar-refractivity contribution in [3.05, 3.63) is 55.1 Å². The van der Waals surface area contributed by atoms with Gasteiger partial charge >= 0.3 is 0 Å². The molecule has 2 rings (SSSR count). The van der Waals surface area contributed by atoms with Gasteiger partial charge in [0.15, 0.2) is 0 Å². The van der Waals surface area contributed by atoms with Crippen molar-refractivity contribution in [2.24, 2.45) is 0 Å². The van der Waals surface area contributed by atoms with Crippen LogP contribution < -0.4 is 0 Å². The number of rotatable bonds is 1. The van der Waals surface area contributed by atoms with Crippen LogP contribution in [0.3, 0.4) is 0 Å². The molecule has 0 spiro atoms. The van der Waals surface area contributed by atoms with E-state index in [4.69, 9.17) is 0 Å². The predicted octanol–water partition coefficient (Wildman–Crippen LogP) is 3.67. The summed E-state index contributed by atoms with van der Waals surface area (Å²) in [5.41, 5.74) is 2.91. The second kappa shape index (κ2) is 4.55. The molecule has 1 aromatic rings. The molecule has 0 radical (unpaired) electrons. The van der Waals surface area contributed by atoms with Crippen LogP contribution in [0.2, 0.25) is 0 Å². The summed E-state index contributed by atoms with van der Waals surface area (Å²) >= 11 is 0. The van der Waals surface area contributed by atoms with Gasteiger partial charge in [-0.1, -0.05) is 36.4 Å². The third-order valence-electron chi connectivity index (χ3n) is 1.95. The molecule has 0 unspecified atom stereocenters. The number of hydrogen-bond acceptors (Lipinski definition) is 0. The molecule has 1 aliphatic carbocycles. The average Bonchev–Trinajstić information content (AvgIpc) is 2.07. The van der Waals surface area contributed by atoms with E-state index in [2.05, 4.69) is 49.6 Å². The Bertz CT molecular complexity index is 257. The van der Waals surface area contributed by atoms with Crippen LogP contribution in [0.15, 0.2) is 49.6 Å². The predicted molar refractivity (Wildman–Crippen MR) is 54.9 cm³/mol. The van der Waals surface area contributed by atoms with E-state index < -0.39 is 0 Å². The van der Waals surface area contributed by atoms with E-state index in [0.717, 1.165) is 0 Å². The molecule has 1 aromatic carbocycles. The molecule has 0 bridgehead atoms. The summed E-state index contributed by atoms with van der Waals surface area (Å²) in [6.07, 6.45) is 4.84. The SMILES string of the molecule is C1=C(c2ccccc2)CC1.C=C. The van der Waals surface area contributed by atoms with Crippen LogP contribution in [0.1, 0.15) is 18.4 Å². The highest BCUT2D eigenvalue weighted by atomic mass is 14.1. The molecular formula is C12H14. The van der Waals surface area contributed by atoms with E-state index in [-0.39, 0.29) is 0 Å². The highest BCUT2D eigenvalue weighted by Crippen LogP contribution is 2.27. The topological polar surface area (TPSA) is 0 Å². The van der Waals surface area contributed by atoms with E-state index in [1.54, 1.807) is 0 Å². The lowest BCUT2D eigenvalue weighted by atomic mass is 9.92. The molecule has 0 heteroatoms. The van der Waals surface area contributed by atoms with Gasteiger partial charge in [0.2, 0.25) is 0 Å². The summed E-state index contributed by atoms with van der Waals surface area (Å²) in [6, 6.07) is 10.6. The lowest BCUT2D eigenvalue weighted by Gasteiger charge is -2.13. The molecule has 0 amide bonds. The summed E-state index contributed by atoms with van der Waals surface area (Å²) in [5.74, 6) is 0. The Balaban J connectivity index is 0.000000336. The molecule has 0 heterocycles. The first-order valence-electron chi connectivity index (χ1n) is 4.21. The monoisotopic (exact) mass is 158 g/mol. The van der Waals surface area contributed by atoms with Crippen LogP contribution in [0, 0.1) is 0 Å². The molecule has 0 aromatic heterocycles. The van der Waals surface area contributed by atoms with Crippen molar-refractivity contribution in [1.82, 2.24) is 0 Å². The molecule has 62 valence electrons. The minimum Gasteiger partial charge on any atom is -0.106 e. The number of allylic oxidation sites excluding steroid dienone is 2. The molecule has 0 N–H and O–H groups in total. The van der Waals surface area contributed by atoms with Crippen molar-refractivity contribution >= 4 is 5.57 Å². The van der Waals surface area contributed by atoms with Gasteiger partial charge in [0, 0.05) is 0 Å². The highest BCUT2D eigenvalue weighted by molar-refractivity contribution is 5.69. The maximum absolute atomic E-state index is 3.00. The normalized spacial score (nSPS) is 13.5. The lowest BCUT2D eigenvalue weighted by molar-refractivity contribution is 0.988. The summed E-state index contributed by atoms with van der Waals surface area (Å²) < 4.78 is 0. The standard InChI is InChI=1S/C10H10.C2H4/c1-2-5-9(6-3-1)10-7-4-8-10;1-2/h1-3,5-7H,4,8H2;1-2H2. The summed E-state index contributed by atoms with van der Waals surface area (Å²) in [7, 11) is 0. The zero-order valence-electron chi connectivity index (χ0n) is 7.29. The average molecular weight is 158 g/mol. The van der Waals surface area contributed by atoms with Gasteiger partial charge in [0.05, 0.1) is 0 Å². The van der Waals surface area contributed by atoms with Gasteiger partial charge in [0.25, 0.3) is 0 Å². The first-order valence-corrected chi connectivity index (χ1v) is 4.21. The van der Waals surface area contributed by atoms with Gasteiger partial charge < -0.3 is 0 Å². The van der Waals surface area contributed by atoms with Gasteiger partial charge in [-0.25, -0.2) is 0 Å². The van der Waals surface area contributed by atoms with Crippen LogP contribution in [0.25, 0.3) is 5.57 Å². The first kappa shape index (κ1) is 8.79. The largest absolute Gasteiger partial charge is 0.106 e. The Morgan fingerprint density at radius 3 is 2.00 bits per heavy atom. The van der Waals surface area contributed by atoms with Gasteiger partial charge in [0.1, 0.15) is 0 Å². The lowest BCUT2D eigenvalue weighted by Crippen LogP contribution is -1.91. The Morgan fingerprint density at radius 1 is 1.00 bits per heavy atom. The molecule has 0 aliphatic heterocycles. The van der Waals surface area contributed by atoms with E-state index in [1.165, 1.54) is 24.0 Å². The van der Waals surface area contributed by atoms with Crippen molar-refractivity contribution in [2.45, 2.75) is 12.8 Å². The van der Waals surface area contributed by atoms with E-state index in [1.807, 2.05) is 0 Å². The summed E-state index contributed by atoms with van der Waals surface area (Å²) in [5, 5.41) is 0. The van der Waals surface area contributed by atoms with Crippen LogP contribution in [0.4, 0.5) is 0 Å². The fourth-order valence-corrected chi connectivity index (χ4v) is 1.20. The molecule has 0 atom stereocenters. The van der Waals surface area contributed by atoms with Crippen LogP contribution in [-0.4, -0.2) is 0 Å². The van der Waals surface area contributed by atoms with Crippen molar-refractivity contribution < 1.29 is 0 Å². The Labute approximate surface area is 74.2 Å². The smallest absolute Gasteiger partial charge is 0.0228 e. The second-order valence-electron chi connectivity index (χ2n) is 2.63. The molecule has 0 saturated carbocycles. The van der Waals surface area contributed by atoms with Gasteiger partial charge in [-0.15, -0.1) is 13.2 Å². The third-order valence-corrected chi connectivity index (χ3v) is 1.95. The van der Waals surface area contributed by atoms with Gasteiger partial charge in [-0.3, -0.25) is 0 Å².